The molecule has 22 heavy (non-hydrogen) atoms. The number of hydrogen-bond acceptors (Lipinski definition) is 4. The highest BCUT2D eigenvalue weighted by Crippen LogP contribution is 2.26. The Morgan fingerprint density at radius 3 is 2.64 bits per heavy atom. The monoisotopic (exact) mass is 308 g/mol. The molecule has 0 aromatic carbocycles. The lowest BCUT2D eigenvalue weighted by Gasteiger charge is -2.30. The van der Waals surface area contributed by atoms with Gasteiger partial charge in [-0.2, -0.15) is 0 Å². The molecule has 1 aromatic heterocycles. The molecule has 0 saturated carbocycles. The van der Waals surface area contributed by atoms with Gasteiger partial charge in [-0.25, -0.2) is 0 Å². The van der Waals surface area contributed by atoms with E-state index in [9.17, 15) is 9.90 Å². The average Bonchev–Trinajstić information content (AvgIpc) is 2.79. The van der Waals surface area contributed by atoms with Crippen molar-refractivity contribution < 1.29 is 14.3 Å². The Morgan fingerprint density at radius 2 is 2.09 bits per heavy atom. The van der Waals surface area contributed by atoms with Gasteiger partial charge >= 0.3 is 0 Å². The maximum absolute atomic E-state index is 12.1. The van der Waals surface area contributed by atoms with Crippen LogP contribution in [0.1, 0.15) is 43.8 Å². The van der Waals surface area contributed by atoms with Crippen molar-refractivity contribution >= 4 is 5.91 Å². The minimum absolute atomic E-state index is 0.0345. The lowest BCUT2D eigenvalue weighted by atomic mass is 9.96. The number of piperidine rings is 1. The Hall–Kier alpha value is -1.33. The van der Waals surface area contributed by atoms with Crippen molar-refractivity contribution in [3.8, 4) is 0 Å². The standard InChI is InChI=1S/C17H28N2O3/c1-12-5-7-19(8-6-12)10-16(20)18-11-17(4,21)15-9-13(2)22-14(15)3/h9,12,21H,5-8,10-11H2,1-4H3,(H,18,20). The quantitative estimate of drug-likeness (QED) is 0.872. The number of hydrogen-bond donors (Lipinski definition) is 2. The van der Waals surface area contributed by atoms with Gasteiger partial charge in [0.05, 0.1) is 13.1 Å². The molecule has 1 aliphatic heterocycles. The predicted octanol–water partition coefficient (Wildman–Crippen LogP) is 1.95. The number of aliphatic hydroxyl groups is 1. The van der Waals surface area contributed by atoms with Crippen LogP contribution in [0.3, 0.4) is 0 Å². The van der Waals surface area contributed by atoms with Crippen molar-refractivity contribution in [3.63, 3.8) is 0 Å². The molecule has 1 atom stereocenters. The van der Waals surface area contributed by atoms with E-state index in [1.807, 2.05) is 19.9 Å². The third kappa shape index (κ3) is 4.34. The minimum Gasteiger partial charge on any atom is -0.466 e. The summed E-state index contributed by atoms with van der Waals surface area (Å²) in [5.41, 5.74) is -0.384. The van der Waals surface area contributed by atoms with E-state index in [1.165, 1.54) is 0 Å². The Kier molecular flexibility index (Phi) is 5.29. The molecule has 0 spiro atoms. The molecule has 0 bridgehead atoms. The summed E-state index contributed by atoms with van der Waals surface area (Å²) in [6, 6.07) is 1.83. The molecule has 5 heteroatoms. The molecule has 1 aliphatic rings. The van der Waals surface area contributed by atoms with Gasteiger partial charge in [0.1, 0.15) is 17.1 Å². The zero-order chi connectivity index (χ0) is 16.3. The van der Waals surface area contributed by atoms with Crippen LogP contribution in [-0.4, -0.2) is 42.1 Å². The number of aryl methyl sites for hydroxylation is 2. The molecule has 1 aromatic rings. The van der Waals surface area contributed by atoms with Crippen LogP contribution in [-0.2, 0) is 10.4 Å². The van der Waals surface area contributed by atoms with Gasteiger partial charge in [0.15, 0.2) is 0 Å². The molecule has 1 unspecified atom stereocenters. The number of amides is 1. The topological polar surface area (TPSA) is 65.7 Å². The van der Waals surface area contributed by atoms with Crippen LogP contribution in [0.15, 0.2) is 10.5 Å². The summed E-state index contributed by atoms with van der Waals surface area (Å²) in [5.74, 6) is 2.18. The van der Waals surface area contributed by atoms with Gasteiger partial charge in [-0.05, 0) is 58.7 Å². The molecule has 2 heterocycles. The Balaban J connectivity index is 1.83. The SMILES string of the molecule is Cc1cc(C(C)(O)CNC(=O)CN2CCC(C)CC2)c(C)o1. The third-order valence-corrected chi connectivity index (χ3v) is 4.49. The molecule has 2 N–H and O–H groups in total. The van der Waals surface area contributed by atoms with Crippen molar-refractivity contribution in [3.05, 3.63) is 23.2 Å². The first-order valence-electron chi connectivity index (χ1n) is 8.07. The van der Waals surface area contributed by atoms with Crippen LogP contribution < -0.4 is 5.32 Å². The molecule has 1 saturated heterocycles. The highest BCUT2D eigenvalue weighted by atomic mass is 16.3. The van der Waals surface area contributed by atoms with Crippen LogP contribution in [0.5, 0.6) is 0 Å². The fourth-order valence-electron chi connectivity index (χ4n) is 3.01. The highest BCUT2D eigenvalue weighted by Gasteiger charge is 2.28. The normalized spacial score (nSPS) is 19.9. The molecule has 0 aliphatic carbocycles. The van der Waals surface area contributed by atoms with E-state index >= 15 is 0 Å². The third-order valence-electron chi connectivity index (χ3n) is 4.49. The summed E-state index contributed by atoms with van der Waals surface area (Å²) in [6.45, 7) is 10.2. The van der Waals surface area contributed by atoms with Crippen LogP contribution in [0.4, 0.5) is 0 Å². The van der Waals surface area contributed by atoms with Crippen molar-refractivity contribution in [2.75, 3.05) is 26.2 Å². The number of carbonyl (C=O) groups is 1. The number of carbonyl (C=O) groups excluding carboxylic acids is 1. The fraction of sp³-hybridized carbons (Fsp3) is 0.706. The van der Waals surface area contributed by atoms with E-state index in [0.29, 0.717) is 12.3 Å². The number of nitrogens with zero attached hydrogens (tertiary/aromatic N) is 1. The smallest absolute Gasteiger partial charge is 0.234 e. The van der Waals surface area contributed by atoms with E-state index in [-0.39, 0.29) is 12.5 Å². The molecule has 1 amide bonds. The molecule has 2 rings (SSSR count). The molecule has 5 nitrogen and oxygen atoms in total. The Labute approximate surface area is 132 Å². The minimum atomic E-state index is -1.12. The van der Waals surface area contributed by atoms with Crippen molar-refractivity contribution in [2.45, 2.75) is 46.1 Å². The summed E-state index contributed by atoms with van der Waals surface area (Å²) in [4.78, 5) is 14.3. The second-order valence-corrected chi connectivity index (χ2v) is 6.84. The summed E-state index contributed by atoms with van der Waals surface area (Å²) in [6.07, 6.45) is 2.30. The van der Waals surface area contributed by atoms with Gasteiger partial charge in [-0.1, -0.05) is 6.92 Å². The molecule has 124 valence electrons. The van der Waals surface area contributed by atoms with Crippen LogP contribution in [0, 0.1) is 19.8 Å². The second kappa shape index (κ2) is 6.84. The Morgan fingerprint density at radius 1 is 1.45 bits per heavy atom. The first kappa shape index (κ1) is 17.0. The van der Waals surface area contributed by atoms with Gasteiger partial charge < -0.3 is 14.8 Å². The summed E-state index contributed by atoms with van der Waals surface area (Å²) in [5, 5.41) is 13.4. The van der Waals surface area contributed by atoms with E-state index in [1.54, 1.807) is 6.92 Å². The van der Waals surface area contributed by atoms with E-state index in [4.69, 9.17) is 4.42 Å². The lowest BCUT2D eigenvalue weighted by Crippen LogP contribution is -2.45. The Bertz CT molecular complexity index is 514. The van der Waals surface area contributed by atoms with E-state index in [0.717, 1.165) is 43.2 Å². The number of furan rings is 1. The molecular formula is C17H28N2O3. The zero-order valence-corrected chi connectivity index (χ0v) is 14.1. The van der Waals surface area contributed by atoms with Crippen LogP contribution in [0.2, 0.25) is 0 Å². The van der Waals surface area contributed by atoms with Crippen LogP contribution in [0.25, 0.3) is 0 Å². The zero-order valence-electron chi connectivity index (χ0n) is 14.1. The fourth-order valence-corrected chi connectivity index (χ4v) is 3.01. The van der Waals surface area contributed by atoms with Crippen molar-refractivity contribution in [2.24, 2.45) is 5.92 Å². The first-order chi connectivity index (χ1) is 10.3. The van der Waals surface area contributed by atoms with Gasteiger partial charge in [0, 0.05) is 5.56 Å². The molecular weight excluding hydrogens is 280 g/mol. The summed E-state index contributed by atoms with van der Waals surface area (Å²) in [7, 11) is 0. The largest absolute Gasteiger partial charge is 0.466 e. The first-order valence-corrected chi connectivity index (χ1v) is 8.07. The number of likely N-dealkylation sites (tertiary alicyclic amines) is 1. The average molecular weight is 308 g/mol. The molecule has 1 fully saturated rings. The number of rotatable bonds is 5. The van der Waals surface area contributed by atoms with Gasteiger partial charge in [0.25, 0.3) is 0 Å². The van der Waals surface area contributed by atoms with Gasteiger partial charge in [0.2, 0.25) is 5.91 Å². The van der Waals surface area contributed by atoms with E-state index < -0.39 is 5.60 Å². The maximum atomic E-state index is 12.1. The van der Waals surface area contributed by atoms with Gasteiger partial charge in [-0.3, -0.25) is 9.69 Å². The lowest BCUT2D eigenvalue weighted by molar-refractivity contribution is -0.123. The highest BCUT2D eigenvalue weighted by molar-refractivity contribution is 5.78. The maximum Gasteiger partial charge on any atom is 0.234 e. The van der Waals surface area contributed by atoms with Crippen molar-refractivity contribution in [1.29, 1.82) is 0 Å². The van der Waals surface area contributed by atoms with Gasteiger partial charge in [-0.15, -0.1) is 0 Å². The van der Waals surface area contributed by atoms with E-state index in [2.05, 4.69) is 17.1 Å². The van der Waals surface area contributed by atoms with Crippen molar-refractivity contribution in [1.82, 2.24) is 10.2 Å². The number of nitrogens with one attached hydrogen (secondary N) is 1. The van der Waals surface area contributed by atoms with Crippen LogP contribution >= 0.6 is 0 Å². The summed E-state index contributed by atoms with van der Waals surface area (Å²) < 4.78 is 5.46. The summed E-state index contributed by atoms with van der Waals surface area (Å²) >= 11 is 0. The molecule has 0 radical (unpaired) electrons. The second-order valence-electron chi connectivity index (χ2n) is 6.84. The predicted molar refractivity (Wildman–Crippen MR) is 85.6 cm³/mol.